The van der Waals surface area contributed by atoms with E-state index in [2.05, 4.69) is 140 Å². The van der Waals surface area contributed by atoms with Gasteiger partial charge in [-0.15, -0.1) is 16.7 Å². The van der Waals surface area contributed by atoms with E-state index in [4.69, 9.17) is 0 Å². The maximum Gasteiger partial charge on any atom is -0.172 e. The zero-order chi connectivity index (χ0) is 30.5. The fourth-order valence-corrected chi connectivity index (χ4v) is 6.54. The molecule has 0 N–H and O–H groups in total. The maximum atomic E-state index is 3.69. The Morgan fingerprint density at radius 1 is 0.659 bits per heavy atom. The van der Waals surface area contributed by atoms with Crippen molar-refractivity contribution >= 4 is 3.21 Å². The standard InChI is InChI=1S/C23H29.C13H10.C5H5.2ClH.Zr/c1-14-9-16-11-17-10-15(2)21(23(6,7)8)13-19(17)18(16)12-20(14)22(3,4)5;1-3-7-12(8-4-1)11-13-9-5-2-6-10-13;1-2-4-5-3-1;;;/h9,12-13H,11H2,1-8H3;1-10H;1-5H;2*1H;/q-1;;-1;;;+2/p-2. The van der Waals surface area contributed by atoms with Crippen LogP contribution in [0.3, 0.4) is 0 Å². The zero-order valence-corrected chi connectivity index (χ0v) is 31.3. The Morgan fingerprint density at radius 2 is 1.14 bits per heavy atom. The minimum absolute atomic E-state index is 0. The maximum absolute atomic E-state index is 3.69. The van der Waals surface area contributed by atoms with Gasteiger partial charge in [-0.25, -0.2) is 12.1 Å². The number of halogens is 2. The Hall–Kier alpha value is -2.44. The van der Waals surface area contributed by atoms with Gasteiger partial charge in [-0.1, -0.05) is 71.6 Å². The smallest absolute Gasteiger partial charge is 0.172 e. The third-order valence-corrected chi connectivity index (χ3v) is 9.18. The normalized spacial score (nSPS) is 11.3. The first-order chi connectivity index (χ1) is 19.9. The number of benzene rings is 4. The molecule has 3 heteroatoms. The van der Waals surface area contributed by atoms with E-state index in [1.54, 1.807) is 0 Å². The van der Waals surface area contributed by atoms with E-state index in [0.717, 1.165) is 6.42 Å². The molecule has 0 saturated heterocycles. The van der Waals surface area contributed by atoms with E-state index in [1.165, 1.54) is 83.1 Å². The predicted octanol–water partition coefficient (Wildman–Crippen LogP) is 4.49. The van der Waals surface area contributed by atoms with Crippen LogP contribution in [0.2, 0.25) is 0 Å². The minimum atomic E-state index is 0. The molecule has 0 spiro atoms. The summed E-state index contributed by atoms with van der Waals surface area (Å²) in [6.45, 7) is 18.2. The molecule has 0 heterocycles. The van der Waals surface area contributed by atoms with Crippen LogP contribution in [0.1, 0.15) is 86.1 Å². The zero-order valence-electron chi connectivity index (χ0n) is 27.4. The SMILES string of the molecule is Cc1[c-]c2c(cc1C(C)(C)C)-c1cc(C(C)(C)C)c(C)cc1C2.[Cl-].[Cl-].[Zr+2]=[C](c1ccccc1)c1ccccc1.c1cc[cH-]c1. The molecule has 1 aliphatic rings. The van der Waals surface area contributed by atoms with Crippen LogP contribution >= 0.6 is 0 Å². The summed E-state index contributed by atoms with van der Waals surface area (Å²) in [6.07, 6.45) is 1.03. The van der Waals surface area contributed by atoms with Gasteiger partial charge < -0.3 is 24.8 Å². The van der Waals surface area contributed by atoms with Crippen molar-refractivity contribution in [3.63, 3.8) is 0 Å². The predicted molar refractivity (Wildman–Crippen MR) is 179 cm³/mol. The van der Waals surface area contributed by atoms with Crippen LogP contribution in [-0.2, 0) is 41.5 Å². The molecule has 6 rings (SSSR count). The molecule has 44 heavy (non-hydrogen) atoms. The molecule has 0 aliphatic heterocycles. The van der Waals surface area contributed by atoms with Gasteiger partial charge in [0.25, 0.3) is 0 Å². The number of aryl methyl sites for hydroxylation is 2. The molecule has 0 fully saturated rings. The Morgan fingerprint density at radius 3 is 1.57 bits per heavy atom. The second-order valence-corrected chi connectivity index (χ2v) is 14.5. The van der Waals surface area contributed by atoms with Crippen LogP contribution in [0.15, 0.2) is 109 Å². The van der Waals surface area contributed by atoms with Crippen LogP contribution in [0.4, 0.5) is 0 Å². The largest absolute Gasteiger partial charge is 0.214 e. The topological polar surface area (TPSA) is 0 Å². The first-order valence-corrected chi connectivity index (χ1v) is 16.2. The van der Waals surface area contributed by atoms with Crippen molar-refractivity contribution in [1.29, 1.82) is 0 Å². The minimum Gasteiger partial charge on any atom is -0.214 e. The summed E-state index contributed by atoms with van der Waals surface area (Å²) >= 11 is 1.46. The molecular weight excluding hydrogens is 655 g/mol. The van der Waals surface area contributed by atoms with Crippen LogP contribution in [-0.4, -0.2) is 3.21 Å². The van der Waals surface area contributed by atoms with Gasteiger partial charge in [-0.3, -0.25) is 0 Å². The quantitative estimate of drug-likeness (QED) is 0.234. The molecule has 5 aromatic rings. The summed E-state index contributed by atoms with van der Waals surface area (Å²) in [4.78, 5) is 0. The van der Waals surface area contributed by atoms with E-state index in [-0.39, 0.29) is 35.6 Å². The summed E-state index contributed by atoms with van der Waals surface area (Å²) in [7, 11) is 0. The Bertz CT molecular complexity index is 1490. The van der Waals surface area contributed by atoms with Gasteiger partial charge >= 0.3 is 99.2 Å². The van der Waals surface area contributed by atoms with Gasteiger partial charge in [-0.05, 0) is 35.4 Å². The van der Waals surface area contributed by atoms with Crippen LogP contribution < -0.4 is 24.8 Å². The monoisotopic (exact) mass is 696 g/mol. The second kappa shape index (κ2) is 16.2. The van der Waals surface area contributed by atoms with Crippen LogP contribution in [0.25, 0.3) is 11.1 Å². The van der Waals surface area contributed by atoms with E-state index >= 15 is 0 Å². The van der Waals surface area contributed by atoms with E-state index in [9.17, 15) is 0 Å². The van der Waals surface area contributed by atoms with Crippen molar-refractivity contribution in [3.05, 3.63) is 160 Å². The number of fused-ring (bicyclic) bond motifs is 3. The summed E-state index contributed by atoms with van der Waals surface area (Å²) in [5.74, 6) is 0. The van der Waals surface area contributed by atoms with Gasteiger partial charge in [-0.2, -0.15) is 35.9 Å². The van der Waals surface area contributed by atoms with Crippen molar-refractivity contribution in [2.24, 2.45) is 0 Å². The first kappa shape index (κ1) is 37.7. The van der Waals surface area contributed by atoms with Gasteiger partial charge in [0, 0.05) is 0 Å². The Kier molecular flexibility index (Phi) is 13.9. The summed E-state index contributed by atoms with van der Waals surface area (Å²) in [5, 5.41) is 0. The third-order valence-electron chi connectivity index (χ3n) is 7.76. The van der Waals surface area contributed by atoms with E-state index < -0.39 is 0 Å². The van der Waals surface area contributed by atoms with Crippen molar-refractivity contribution in [2.75, 3.05) is 0 Å². The Labute approximate surface area is 293 Å². The summed E-state index contributed by atoms with van der Waals surface area (Å²) in [6, 6.07) is 42.1. The van der Waals surface area contributed by atoms with Gasteiger partial charge in [0.1, 0.15) is 0 Å². The van der Waals surface area contributed by atoms with Gasteiger partial charge in [0.15, 0.2) is 0 Å². The molecule has 0 atom stereocenters. The van der Waals surface area contributed by atoms with Gasteiger partial charge in [0.2, 0.25) is 0 Å². The average molecular weight is 699 g/mol. The fourth-order valence-electron chi connectivity index (χ4n) is 5.72. The molecule has 0 nitrogen and oxygen atoms in total. The molecule has 228 valence electrons. The van der Waals surface area contributed by atoms with Gasteiger partial charge in [0.05, 0.1) is 0 Å². The van der Waals surface area contributed by atoms with Crippen molar-refractivity contribution < 1.29 is 49.0 Å². The third kappa shape index (κ3) is 9.53. The molecule has 0 aromatic heterocycles. The van der Waals surface area contributed by atoms with Crippen molar-refractivity contribution in [1.82, 2.24) is 0 Å². The van der Waals surface area contributed by atoms with Crippen molar-refractivity contribution in [2.45, 2.75) is 72.6 Å². The second-order valence-electron chi connectivity index (χ2n) is 13.3. The van der Waals surface area contributed by atoms with E-state index in [1.807, 2.05) is 30.3 Å². The molecule has 0 radical (unpaired) electrons. The molecule has 5 aromatic carbocycles. The van der Waals surface area contributed by atoms with Crippen LogP contribution in [0.5, 0.6) is 0 Å². The van der Waals surface area contributed by atoms with E-state index in [0.29, 0.717) is 0 Å². The number of rotatable bonds is 2. The number of hydrogen-bond acceptors (Lipinski definition) is 0. The molecule has 1 aliphatic carbocycles. The Balaban J connectivity index is 0.000000273. The van der Waals surface area contributed by atoms with Crippen molar-refractivity contribution in [3.8, 4) is 11.1 Å². The molecule has 0 bridgehead atoms. The molecule has 0 unspecified atom stereocenters. The number of hydrogen-bond donors (Lipinski definition) is 0. The fraction of sp³-hybridized carbons (Fsp3) is 0.268. The van der Waals surface area contributed by atoms with Crippen LogP contribution in [0, 0.1) is 19.9 Å². The molecule has 0 amide bonds. The first-order valence-electron chi connectivity index (χ1n) is 14.9. The average Bonchev–Trinajstić information content (AvgIpc) is 3.63. The summed E-state index contributed by atoms with van der Waals surface area (Å²) < 4.78 is 1.42. The summed E-state index contributed by atoms with van der Waals surface area (Å²) in [5.41, 5.74) is 14.3. The molecule has 0 saturated carbocycles. The molecular formula is C41H44Cl2Zr-2.